The molecular weight excluding hydrogens is 256 g/mol. The molecule has 0 spiro atoms. The van der Waals surface area contributed by atoms with Gasteiger partial charge in [0.15, 0.2) is 0 Å². The standard InChI is InChI=1S/C13H20N6O/c1-10-5-4-6-14-12(10)15-7-8-16-13-18-17-11(20-13)9-19(2)3/h4-6H,7-9H2,1-3H3,(H,14,15)(H,16,18). The summed E-state index contributed by atoms with van der Waals surface area (Å²) in [4.78, 5) is 6.24. The number of rotatable bonds is 7. The maximum atomic E-state index is 5.45. The molecule has 7 heteroatoms. The van der Waals surface area contributed by atoms with Gasteiger partial charge in [-0.3, -0.25) is 0 Å². The number of aryl methyl sites for hydroxylation is 1. The van der Waals surface area contributed by atoms with Crippen LogP contribution in [0.4, 0.5) is 11.8 Å². The van der Waals surface area contributed by atoms with Gasteiger partial charge >= 0.3 is 6.01 Å². The maximum Gasteiger partial charge on any atom is 0.315 e. The normalized spacial score (nSPS) is 10.8. The van der Waals surface area contributed by atoms with Crippen LogP contribution in [0.5, 0.6) is 0 Å². The van der Waals surface area contributed by atoms with Crippen LogP contribution in [-0.2, 0) is 6.54 Å². The molecule has 0 unspecified atom stereocenters. The zero-order valence-electron chi connectivity index (χ0n) is 12.1. The van der Waals surface area contributed by atoms with E-state index in [1.54, 1.807) is 6.20 Å². The average molecular weight is 276 g/mol. The van der Waals surface area contributed by atoms with Gasteiger partial charge in [0.05, 0.1) is 6.54 Å². The van der Waals surface area contributed by atoms with Gasteiger partial charge in [0.1, 0.15) is 5.82 Å². The Hall–Kier alpha value is -2.15. The van der Waals surface area contributed by atoms with E-state index < -0.39 is 0 Å². The molecule has 0 bridgehead atoms. The van der Waals surface area contributed by atoms with Crippen LogP contribution < -0.4 is 10.6 Å². The van der Waals surface area contributed by atoms with E-state index in [1.807, 2.05) is 38.1 Å². The molecule has 108 valence electrons. The summed E-state index contributed by atoms with van der Waals surface area (Å²) in [5.41, 5.74) is 1.12. The number of hydrogen-bond donors (Lipinski definition) is 2. The predicted molar refractivity (Wildman–Crippen MR) is 77.6 cm³/mol. The molecule has 0 saturated carbocycles. The predicted octanol–water partition coefficient (Wildman–Crippen LogP) is 1.36. The summed E-state index contributed by atoms with van der Waals surface area (Å²) in [6.45, 7) is 4.07. The van der Waals surface area contributed by atoms with Crippen LogP contribution in [0.15, 0.2) is 22.7 Å². The molecule has 0 atom stereocenters. The lowest BCUT2D eigenvalue weighted by Crippen LogP contribution is -2.15. The highest BCUT2D eigenvalue weighted by Crippen LogP contribution is 2.09. The van der Waals surface area contributed by atoms with Crippen LogP contribution in [0.25, 0.3) is 0 Å². The van der Waals surface area contributed by atoms with Gasteiger partial charge in [0, 0.05) is 19.3 Å². The van der Waals surface area contributed by atoms with Crippen molar-refractivity contribution < 1.29 is 4.42 Å². The van der Waals surface area contributed by atoms with Crippen LogP contribution in [-0.4, -0.2) is 47.3 Å². The molecule has 7 nitrogen and oxygen atoms in total. The lowest BCUT2D eigenvalue weighted by atomic mass is 10.3. The third kappa shape index (κ3) is 4.20. The molecule has 20 heavy (non-hydrogen) atoms. The molecule has 0 aliphatic heterocycles. The molecule has 2 heterocycles. The van der Waals surface area contributed by atoms with E-state index in [9.17, 15) is 0 Å². The summed E-state index contributed by atoms with van der Waals surface area (Å²) >= 11 is 0. The smallest absolute Gasteiger partial charge is 0.315 e. The molecule has 2 aromatic heterocycles. The summed E-state index contributed by atoms with van der Waals surface area (Å²) in [5, 5.41) is 14.2. The van der Waals surface area contributed by atoms with Crippen molar-refractivity contribution in [1.29, 1.82) is 0 Å². The average Bonchev–Trinajstić information content (AvgIpc) is 2.83. The second kappa shape index (κ2) is 6.85. The van der Waals surface area contributed by atoms with E-state index >= 15 is 0 Å². The first kappa shape index (κ1) is 14.3. The summed E-state index contributed by atoms with van der Waals surface area (Å²) < 4.78 is 5.45. The molecule has 0 aliphatic rings. The summed E-state index contributed by atoms with van der Waals surface area (Å²) in [6, 6.07) is 4.39. The molecule has 0 fully saturated rings. The molecule has 0 saturated heterocycles. The minimum atomic E-state index is 0.446. The number of anilines is 2. The Morgan fingerprint density at radius 1 is 1.20 bits per heavy atom. The van der Waals surface area contributed by atoms with E-state index in [0.717, 1.165) is 17.9 Å². The number of nitrogens with one attached hydrogen (secondary N) is 2. The van der Waals surface area contributed by atoms with Gasteiger partial charge in [0.25, 0.3) is 0 Å². The zero-order valence-corrected chi connectivity index (χ0v) is 12.1. The Labute approximate surface area is 118 Å². The highest BCUT2D eigenvalue weighted by Gasteiger charge is 2.06. The van der Waals surface area contributed by atoms with Gasteiger partial charge < -0.3 is 20.0 Å². The van der Waals surface area contributed by atoms with E-state index in [0.29, 0.717) is 25.0 Å². The van der Waals surface area contributed by atoms with Gasteiger partial charge in [0.2, 0.25) is 5.89 Å². The minimum Gasteiger partial charge on any atom is -0.407 e. The molecule has 0 aromatic carbocycles. The quantitative estimate of drug-likeness (QED) is 0.739. The Bertz CT molecular complexity index is 539. The van der Waals surface area contributed by atoms with Crippen molar-refractivity contribution in [2.45, 2.75) is 13.5 Å². The molecule has 0 aliphatic carbocycles. The number of nitrogens with zero attached hydrogens (tertiary/aromatic N) is 4. The molecule has 2 aromatic rings. The van der Waals surface area contributed by atoms with Crippen LogP contribution in [0, 0.1) is 6.92 Å². The van der Waals surface area contributed by atoms with Gasteiger partial charge in [-0.05, 0) is 32.6 Å². The monoisotopic (exact) mass is 276 g/mol. The van der Waals surface area contributed by atoms with Crippen molar-refractivity contribution in [3.05, 3.63) is 29.8 Å². The van der Waals surface area contributed by atoms with Gasteiger partial charge in [-0.15, -0.1) is 5.10 Å². The van der Waals surface area contributed by atoms with Crippen LogP contribution in [0.1, 0.15) is 11.5 Å². The van der Waals surface area contributed by atoms with Gasteiger partial charge in [-0.1, -0.05) is 11.2 Å². The third-order valence-corrected chi connectivity index (χ3v) is 2.62. The molecule has 0 radical (unpaired) electrons. The fourth-order valence-electron chi connectivity index (χ4n) is 1.68. The second-order valence-electron chi connectivity index (χ2n) is 4.76. The van der Waals surface area contributed by atoms with Crippen LogP contribution in [0.2, 0.25) is 0 Å². The third-order valence-electron chi connectivity index (χ3n) is 2.62. The van der Waals surface area contributed by atoms with Crippen molar-refractivity contribution in [3.63, 3.8) is 0 Å². The first-order valence-electron chi connectivity index (χ1n) is 6.51. The Morgan fingerprint density at radius 2 is 2.00 bits per heavy atom. The van der Waals surface area contributed by atoms with Gasteiger partial charge in [-0.25, -0.2) is 4.98 Å². The number of hydrogen-bond acceptors (Lipinski definition) is 7. The van der Waals surface area contributed by atoms with Crippen LogP contribution in [0.3, 0.4) is 0 Å². The lowest BCUT2D eigenvalue weighted by Gasteiger charge is -2.07. The van der Waals surface area contributed by atoms with E-state index in [2.05, 4.69) is 25.8 Å². The van der Waals surface area contributed by atoms with Crippen LogP contribution >= 0.6 is 0 Å². The first-order valence-corrected chi connectivity index (χ1v) is 6.51. The number of aromatic nitrogens is 3. The van der Waals surface area contributed by atoms with Crippen molar-refractivity contribution in [2.75, 3.05) is 37.8 Å². The second-order valence-corrected chi connectivity index (χ2v) is 4.76. The largest absolute Gasteiger partial charge is 0.407 e. The molecule has 2 rings (SSSR count). The summed E-state index contributed by atoms with van der Waals surface area (Å²) in [5.74, 6) is 1.50. The molecular formula is C13H20N6O. The first-order chi connectivity index (χ1) is 9.65. The Kier molecular flexibility index (Phi) is 4.89. The van der Waals surface area contributed by atoms with Crippen molar-refractivity contribution in [2.24, 2.45) is 0 Å². The molecule has 0 amide bonds. The summed E-state index contributed by atoms with van der Waals surface area (Å²) in [7, 11) is 3.91. The Balaban J connectivity index is 1.73. The van der Waals surface area contributed by atoms with E-state index in [4.69, 9.17) is 4.42 Å². The van der Waals surface area contributed by atoms with Crippen molar-refractivity contribution in [3.8, 4) is 0 Å². The van der Waals surface area contributed by atoms with Crippen molar-refractivity contribution >= 4 is 11.8 Å². The fourth-order valence-corrected chi connectivity index (χ4v) is 1.68. The summed E-state index contributed by atoms with van der Waals surface area (Å²) in [6.07, 6.45) is 1.77. The zero-order chi connectivity index (χ0) is 14.4. The SMILES string of the molecule is Cc1cccnc1NCCNc1nnc(CN(C)C)o1. The fraction of sp³-hybridized carbons (Fsp3) is 0.462. The Morgan fingerprint density at radius 3 is 2.75 bits per heavy atom. The highest BCUT2D eigenvalue weighted by atomic mass is 16.4. The molecule has 2 N–H and O–H groups in total. The van der Waals surface area contributed by atoms with E-state index in [1.165, 1.54) is 0 Å². The van der Waals surface area contributed by atoms with E-state index in [-0.39, 0.29) is 0 Å². The van der Waals surface area contributed by atoms with Gasteiger partial charge in [-0.2, -0.15) is 0 Å². The highest BCUT2D eigenvalue weighted by molar-refractivity contribution is 5.42. The van der Waals surface area contributed by atoms with Crippen molar-refractivity contribution in [1.82, 2.24) is 20.1 Å². The lowest BCUT2D eigenvalue weighted by molar-refractivity contribution is 0.344. The number of pyridine rings is 1. The topological polar surface area (TPSA) is 79.1 Å². The maximum absolute atomic E-state index is 5.45. The minimum absolute atomic E-state index is 0.446.